The lowest BCUT2D eigenvalue weighted by atomic mass is 10.3. The van der Waals surface area contributed by atoms with E-state index < -0.39 is 0 Å². The molecular weight excluding hydrogens is 302 g/mol. The van der Waals surface area contributed by atoms with E-state index in [0.29, 0.717) is 11.3 Å². The predicted molar refractivity (Wildman–Crippen MR) is 92.9 cm³/mol. The maximum atomic E-state index is 5.37. The van der Waals surface area contributed by atoms with Crippen LogP contribution in [0.4, 0.5) is 11.5 Å². The number of imidazole rings is 1. The minimum atomic E-state index is 0.638. The molecule has 6 heteroatoms. The molecule has 118 valence electrons. The van der Waals surface area contributed by atoms with Gasteiger partial charge in [-0.2, -0.15) is 0 Å². The van der Waals surface area contributed by atoms with E-state index in [9.17, 15) is 0 Å². The summed E-state index contributed by atoms with van der Waals surface area (Å²) in [5, 5.41) is 3.28. The Balaban J connectivity index is 1.79. The Kier molecular flexibility index (Phi) is 3.55. The van der Waals surface area contributed by atoms with Gasteiger partial charge in [0.15, 0.2) is 17.0 Å². The SMILES string of the molecule is COc1ccccc1Nc1ncnc2c1ncn2-c1ccccc1. The second-order valence-corrected chi connectivity index (χ2v) is 5.17. The molecule has 4 rings (SSSR count). The van der Waals surface area contributed by atoms with Crippen molar-refractivity contribution in [1.29, 1.82) is 0 Å². The van der Waals surface area contributed by atoms with E-state index in [4.69, 9.17) is 4.74 Å². The second kappa shape index (κ2) is 6.00. The summed E-state index contributed by atoms with van der Waals surface area (Å²) < 4.78 is 7.31. The molecule has 0 fully saturated rings. The molecule has 0 aliphatic carbocycles. The molecule has 0 saturated heterocycles. The summed E-state index contributed by atoms with van der Waals surface area (Å²) in [5.41, 5.74) is 3.28. The zero-order valence-corrected chi connectivity index (χ0v) is 13.0. The van der Waals surface area contributed by atoms with Crippen LogP contribution in [0.1, 0.15) is 0 Å². The first kappa shape index (κ1) is 14.2. The number of hydrogen-bond acceptors (Lipinski definition) is 5. The van der Waals surface area contributed by atoms with Gasteiger partial charge in [0, 0.05) is 5.69 Å². The molecule has 4 aromatic rings. The van der Waals surface area contributed by atoms with Gasteiger partial charge in [-0.05, 0) is 24.3 Å². The molecule has 2 aromatic carbocycles. The van der Waals surface area contributed by atoms with Crippen LogP contribution in [0, 0.1) is 0 Å². The Morgan fingerprint density at radius 3 is 2.54 bits per heavy atom. The fourth-order valence-corrected chi connectivity index (χ4v) is 2.58. The van der Waals surface area contributed by atoms with Crippen LogP contribution in [0.15, 0.2) is 67.3 Å². The van der Waals surface area contributed by atoms with Gasteiger partial charge in [0.2, 0.25) is 0 Å². The highest BCUT2D eigenvalue weighted by molar-refractivity contribution is 5.86. The fraction of sp³-hybridized carbons (Fsp3) is 0.0556. The number of fused-ring (bicyclic) bond motifs is 1. The molecule has 0 spiro atoms. The van der Waals surface area contributed by atoms with Crippen molar-refractivity contribution in [2.45, 2.75) is 0 Å². The fourth-order valence-electron chi connectivity index (χ4n) is 2.58. The molecular formula is C18H15N5O. The van der Waals surface area contributed by atoms with Crippen molar-refractivity contribution in [1.82, 2.24) is 19.5 Å². The smallest absolute Gasteiger partial charge is 0.170 e. The average molecular weight is 317 g/mol. The standard InChI is InChI=1S/C18H15N5O/c1-24-15-10-6-5-9-14(15)22-17-16-18(20-11-19-17)23(12-21-16)13-7-3-2-4-8-13/h2-12H,1H3,(H,19,20,22). The molecule has 1 N–H and O–H groups in total. The van der Waals surface area contributed by atoms with Crippen LogP contribution in [-0.4, -0.2) is 26.6 Å². The number of hydrogen-bond donors (Lipinski definition) is 1. The van der Waals surface area contributed by atoms with Crippen LogP contribution in [0.25, 0.3) is 16.9 Å². The van der Waals surface area contributed by atoms with Crippen LogP contribution < -0.4 is 10.1 Å². The molecule has 0 saturated carbocycles. The first-order chi connectivity index (χ1) is 11.9. The molecule has 6 nitrogen and oxygen atoms in total. The van der Waals surface area contributed by atoms with E-state index >= 15 is 0 Å². The largest absolute Gasteiger partial charge is 0.495 e. The number of nitrogens with one attached hydrogen (secondary N) is 1. The number of methoxy groups -OCH3 is 1. The summed E-state index contributed by atoms with van der Waals surface area (Å²) in [6.45, 7) is 0. The van der Waals surface area contributed by atoms with Gasteiger partial charge in [-0.15, -0.1) is 0 Å². The predicted octanol–water partition coefficient (Wildman–Crippen LogP) is 3.57. The topological polar surface area (TPSA) is 64.9 Å². The van der Waals surface area contributed by atoms with Gasteiger partial charge in [-0.1, -0.05) is 30.3 Å². The lowest BCUT2D eigenvalue weighted by Gasteiger charge is -2.10. The Hall–Kier alpha value is -3.41. The summed E-state index contributed by atoms with van der Waals surface area (Å²) in [6, 6.07) is 17.6. The third-order valence-corrected chi connectivity index (χ3v) is 3.73. The van der Waals surface area contributed by atoms with Crippen LogP contribution in [0.2, 0.25) is 0 Å². The molecule has 2 heterocycles. The van der Waals surface area contributed by atoms with Crippen molar-refractivity contribution < 1.29 is 4.74 Å². The molecule has 0 atom stereocenters. The van der Waals surface area contributed by atoms with E-state index in [-0.39, 0.29) is 0 Å². The number of ether oxygens (including phenoxy) is 1. The lowest BCUT2D eigenvalue weighted by Crippen LogP contribution is -1.99. The summed E-state index contributed by atoms with van der Waals surface area (Å²) >= 11 is 0. The van der Waals surface area contributed by atoms with Gasteiger partial charge in [-0.25, -0.2) is 15.0 Å². The van der Waals surface area contributed by atoms with Crippen molar-refractivity contribution in [3.63, 3.8) is 0 Å². The third-order valence-electron chi connectivity index (χ3n) is 3.73. The molecule has 24 heavy (non-hydrogen) atoms. The van der Waals surface area contributed by atoms with Crippen molar-refractivity contribution in [3.8, 4) is 11.4 Å². The zero-order valence-electron chi connectivity index (χ0n) is 13.0. The van der Waals surface area contributed by atoms with Crippen LogP contribution in [0.5, 0.6) is 5.75 Å². The van der Waals surface area contributed by atoms with Gasteiger partial charge >= 0.3 is 0 Å². The molecule has 0 radical (unpaired) electrons. The molecule has 0 aliphatic heterocycles. The highest BCUT2D eigenvalue weighted by atomic mass is 16.5. The van der Waals surface area contributed by atoms with Crippen LogP contribution in [0.3, 0.4) is 0 Å². The van der Waals surface area contributed by atoms with Gasteiger partial charge < -0.3 is 10.1 Å². The van der Waals surface area contributed by atoms with Gasteiger partial charge in [0.25, 0.3) is 0 Å². The van der Waals surface area contributed by atoms with Crippen LogP contribution in [-0.2, 0) is 0 Å². The Morgan fingerprint density at radius 1 is 0.917 bits per heavy atom. The van der Waals surface area contributed by atoms with E-state index in [0.717, 1.165) is 22.8 Å². The van der Waals surface area contributed by atoms with Crippen LogP contribution >= 0.6 is 0 Å². The maximum absolute atomic E-state index is 5.37. The average Bonchev–Trinajstić information content (AvgIpc) is 3.08. The quantitative estimate of drug-likeness (QED) is 0.623. The number of rotatable bonds is 4. The van der Waals surface area contributed by atoms with Crippen molar-refractivity contribution in [2.24, 2.45) is 0 Å². The number of para-hydroxylation sites is 3. The summed E-state index contributed by atoms with van der Waals surface area (Å²) in [4.78, 5) is 13.2. The first-order valence-electron chi connectivity index (χ1n) is 7.50. The molecule has 0 aliphatic rings. The number of nitrogens with zero attached hydrogens (tertiary/aromatic N) is 4. The Morgan fingerprint density at radius 2 is 1.71 bits per heavy atom. The summed E-state index contributed by atoms with van der Waals surface area (Å²) in [7, 11) is 1.64. The second-order valence-electron chi connectivity index (χ2n) is 5.17. The first-order valence-corrected chi connectivity index (χ1v) is 7.50. The van der Waals surface area contributed by atoms with Gasteiger partial charge in [-0.3, -0.25) is 4.57 Å². The molecule has 0 bridgehead atoms. The lowest BCUT2D eigenvalue weighted by molar-refractivity contribution is 0.417. The number of benzene rings is 2. The van der Waals surface area contributed by atoms with Gasteiger partial charge in [0.05, 0.1) is 12.8 Å². The minimum Gasteiger partial charge on any atom is -0.495 e. The summed E-state index contributed by atoms with van der Waals surface area (Å²) in [5.74, 6) is 1.38. The molecule has 0 unspecified atom stereocenters. The normalized spacial score (nSPS) is 10.7. The molecule has 2 aromatic heterocycles. The number of anilines is 2. The van der Waals surface area contributed by atoms with Crippen molar-refractivity contribution >= 4 is 22.7 Å². The van der Waals surface area contributed by atoms with Crippen molar-refractivity contribution in [3.05, 3.63) is 67.3 Å². The van der Waals surface area contributed by atoms with E-state index in [1.165, 1.54) is 6.33 Å². The van der Waals surface area contributed by atoms with E-state index in [1.54, 1.807) is 13.4 Å². The highest BCUT2D eigenvalue weighted by Crippen LogP contribution is 2.29. The maximum Gasteiger partial charge on any atom is 0.170 e. The summed E-state index contributed by atoms with van der Waals surface area (Å²) in [6.07, 6.45) is 3.28. The Labute approximate surface area is 138 Å². The highest BCUT2D eigenvalue weighted by Gasteiger charge is 2.12. The minimum absolute atomic E-state index is 0.638. The van der Waals surface area contributed by atoms with E-state index in [2.05, 4.69) is 20.3 Å². The molecule has 0 amide bonds. The van der Waals surface area contributed by atoms with E-state index in [1.807, 2.05) is 59.2 Å². The monoisotopic (exact) mass is 317 g/mol. The van der Waals surface area contributed by atoms with Crippen molar-refractivity contribution in [2.75, 3.05) is 12.4 Å². The Bertz CT molecular complexity index is 981. The zero-order chi connectivity index (χ0) is 16.4. The van der Waals surface area contributed by atoms with Gasteiger partial charge in [0.1, 0.15) is 18.4 Å². The third kappa shape index (κ3) is 2.44. The number of aromatic nitrogens is 4.